The molecule has 0 aliphatic carbocycles. The lowest BCUT2D eigenvalue weighted by Gasteiger charge is -2.12. The molecule has 0 aromatic heterocycles. The summed E-state index contributed by atoms with van der Waals surface area (Å²) < 4.78 is 0. The van der Waals surface area contributed by atoms with Crippen LogP contribution in [-0.2, 0) is 6.42 Å². The van der Waals surface area contributed by atoms with Gasteiger partial charge in [-0.1, -0.05) is 43.3 Å². The zero-order valence-electron chi connectivity index (χ0n) is 9.83. The van der Waals surface area contributed by atoms with Crippen LogP contribution in [0.5, 0.6) is 0 Å². The molecule has 16 heavy (non-hydrogen) atoms. The first-order valence-corrected chi connectivity index (χ1v) is 5.67. The first-order chi connectivity index (χ1) is 7.74. The van der Waals surface area contributed by atoms with Crippen LogP contribution in [0.15, 0.2) is 42.5 Å². The number of nitrogens with two attached hydrogens (primary N) is 1. The molecule has 0 aliphatic rings. The fourth-order valence-electron chi connectivity index (χ4n) is 2.10. The molecule has 1 nitrogen and oxygen atoms in total. The summed E-state index contributed by atoms with van der Waals surface area (Å²) in [6, 6.07) is 14.5. The van der Waals surface area contributed by atoms with Crippen molar-refractivity contribution in [3.05, 3.63) is 53.6 Å². The van der Waals surface area contributed by atoms with Gasteiger partial charge in [-0.2, -0.15) is 0 Å². The van der Waals surface area contributed by atoms with Gasteiger partial charge in [0.1, 0.15) is 0 Å². The highest BCUT2D eigenvalue weighted by atomic mass is 14.6. The normalized spacial score (nSPS) is 10.4. The van der Waals surface area contributed by atoms with Crippen LogP contribution < -0.4 is 5.73 Å². The third-order valence-electron chi connectivity index (χ3n) is 3.08. The summed E-state index contributed by atoms with van der Waals surface area (Å²) in [6.07, 6.45) is 1.06. The van der Waals surface area contributed by atoms with Crippen LogP contribution in [0.2, 0.25) is 0 Å². The fraction of sp³-hybridized carbons (Fsp3) is 0.200. The molecule has 0 radical (unpaired) electrons. The number of hydrogen-bond donors (Lipinski definition) is 1. The highest BCUT2D eigenvalue weighted by Crippen LogP contribution is 2.30. The summed E-state index contributed by atoms with van der Waals surface area (Å²) in [7, 11) is 0. The second kappa shape index (κ2) is 4.40. The minimum absolute atomic E-state index is 0.846. The van der Waals surface area contributed by atoms with Gasteiger partial charge in [0.2, 0.25) is 0 Å². The molecule has 2 N–H and O–H groups in total. The van der Waals surface area contributed by atoms with Crippen molar-refractivity contribution < 1.29 is 0 Å². The van der Waals surface area contributed by atoms with Crippen LogP contribution in [0.3, 0.4) is 0 Å². The summed E-state index contributed by atoms with van der Waals surface area (Å²) in [5, 5.41) is 0. The predicted octanol–water partition coefficient (Wildman–Crippen LogP) is 3.81. The first kappa shape index (κ1) is 10.7. The van der Waals surface area contributed by atoms with Gasteiger partial charge < -0.3 is 5.73 Å². The average Bonchev–Trinajstić information content (AvgIpc) is 2.31. The molecule has 2 aromatic carbocycles. The van der Waals surface area contributed by atoms with E-state index < -0.39 is 0 Å². The second-order valence-electron chi connectivity index (χ2n) is 4.03. The molecule has 2 rings (SSSR count). The van der Waals surface area contributed by atoms with E-state index in [2.05, 4.69) is 38.1 Å². The van der Waals surface area contributed by atoms with Gasteiger partial charge in [0.05, 0.1) is 0 Å². The molecule has 0 amide bonds. The maximum absolute atomic E-state index is 6.01. The zero-order chi connectivity index (χ0) is 11.5. The Morgan fingerprint density at radius 3 is 2.31 bits per heavy atom. The van der Waals surface area contributed by atoms with Crippen LogP contribution in [0.4, 0.5) is 5.69 Å². The Bertz CT molecular complexity index is 501. The molecule has 82 valence electrons. The maximum atomic E-state index is 6.01. The van der Waals surface area contributed by atoms with Crippen molar-refractivity contribution in [3.8, 4) is 11.1 Å². The van der Waals surface area contributed by atoms with E-state index in [1.54, 1.807) is 0 Å². The Kier molecular flexibility index (Phi) is 2.95. The molecule has 2 aromatic rings. The Balaban J connectivity index is 2.61. The molecule has 0 saturated carbocycles. The smallest absolute Gasteiger partial charge is 0.0393 e. The third kappa shape index (κ3) is 1.81. The molecule has 0 unspecified atom stereocenters. The number of rotatable bonds is 2. The SMILES string of the molecule is CCc1cccc(-c2ccccc2N)c1C. The number of para-hydroxylation sites is 1. The molecule has 1 heteroatoms. The molecule has 0 aliphatic heterocycles. The van der Waals surface area contributed by atoms with Gasteiger partial charge in [0, 0.05) is 11.3 Å². The first-order valence-electron chi connectivity index (χ1n) is 5.67. The Hall–Kier alpha value is -1.76. The average molecular weight is 211 g/mol. The lowest BCUT2D eigenvalue weighted by atomic mass is 9.94. The Morgan fingerprint density at radius 2 is 1.62 bits per heavy atom. The summed E-state index contributed by atoms with van der Waals surface area (Å²) in [4.78, 5) is 0. The van der Waals surface area contributed by atoms with Crippen molar-refractivity contribution in [2.45, 2.75) is 20.3 Å². The number of anilines is 1. The lowest BCUT2D eigenvalue weighted by Crippen LogP contribution is -1.94. The monoisotopic (exact) mass is 211 g/mol. The topological polar surface area (TPSA) is 26.0 Å². The number of nitrogen functional groups attached to an aromatic ring is 1. The minimum Gasteiger partial charge on any atom is -0.398 e. The number of hydrogen-bond acceptors (Lipinski definition) is 1. The van der Waals surface area contributed by atoms with Gasteiger partial charge in [-0.3, -0.25) is 0 Å². The van der Waals surface area contributed by atoms with Crippen molar-refractivity contribution in [3.63, 3.8) is 0 Å². The van der Waals surface area contributed by atoms with Crippen molar-refractivity contribution in [2.75, 3.05) is 5.73 Å². The van der Waals surface area contributed by atoms with E-state index in [-0.39, 0.29) is 0 Å². The van der Waals surface area contributed by atoms with E-state index in [1.165, 1.54) is 16.7 Å². The van der Waals surface area contributed by atoms with E-state index in [0.717, 1.165) is 17.7 Å². The Labute approximate surface area is 96.9 Å². The van der Waals surface area contributed by atoms with Crippen molar-refractivity contribution >= 4 is 5.69 Å². The molecular weight excluding hydrogens is 194 g/mol. The number of aryl methyl sites for hydroxylation is 1. The van der Waals surface area contributed by atoms with Crippen molar-refractivity contribution in [2.24, 2.45) is 0 Å². The summed E-state index contributed by atoms with van der Waals surface area (Å²) in [5.41, 5.74) is 12.0. The van der Waals surface area contributed by atoms with Crippen LogP contribution in [-0.4, -0.2) is 0 Å². The van der Waals surface area contributed by atoms with E-state index in [0.29, 0.717) is 0 Å². The molecular formula is C15H17N. The minimum atomic E-state index is 0.846. The van der Waals surface area contributed by atoms with Crippen LogP contribution in [0.25, 0.3) is 11.1 Å². The molecule has 0 heterocycles. The summed E-state index contributed by atoms with van der Waals surface area (Å²) in [5.74, 6) is 0. The summed E-state index contributed by atoms with van der Waals surface area (Å²) in [6.45, 7) is 4.35. The standard InChI is InChI=1S/C15H17N/c1-3-12-7-6-9-13(11(12)2)14-8-4-5-10-15(14)16/h4-10H,3,16H2,1-2H3. The van der Waals surface area contributed by atoms with Gasteiger partial charge in [-0.15, -0.1) is 0 Å². The van der Waals surface area contributed by atoms with Crippen molar-refractivity contribution in [1.82, 2.24) is 0 Å². The van der Waals surface area contributed by atoms with E-state index in [4.69, 9.17) is 5.73 Å². The third-order valence-corrected chi connectivity index (χ3v) is 3.08. The fourth-order valence-corrected chi connectivity index (χ4v) is 2.10. The van der Waals surface area contributed by atoms with Crippen LogP contribution >= 0.6 is 0 Å². The molecule has 0 fully saturated rings. The van der Waals surface area contributed by atoms with E-state index in [1.807, 2.05) is 18.2 Å². The largest absolute Gasteiger partial charge is 0.398 e. The second-order valence-corrected chi connectivity index (χ2v) is 4.03. The molecule has 0 atom stereocenters. The van der Waals surface area contributed by atoms with Gasteiger partial charge in [-0.25, -0.2) is 0 Å². The molecule has 0 saturated heterocycles. The highest BCUT2D eigenvalue weighted by molar-refractivity contribution is 5.78. The Morgan fingerprint density at radius 1 is 0.938 bits per heavy atom. The van der Waals surface area contributed by atoms with Crippen molar-refractivity contribution in [1.29, 1.82) is 0 Å². The van der Waals surface area contributed by atoms with Gasteiger partial charge in [0.15, 0.2) is 0 Å². The maximum Gasteiger partial charge on any atom is 0.0393 e. The summed E-state index contributed by atoms with van der Waals surface area (Å²) >= 11 is 0. The quantitative estimate of drug-likeness (QED) is 0.751. The lowest BCUT2D eigenvalue weighted by molar-refractivity contribution is 1.11. The van der Waals surface area contributed by atoms with Gasteiger partial charge >= 0.3 is 0 Å². The molecule has 0 spiro atoms. The number of benzene rings is 2. The van der Waals surface area contributed by atoms with Crippen LogP contribution in [0.1, 0.15) is 18.1 Å². The van der Waals surface area contributed by atoms with Gasteiger partial charge in [0.25, 0.3) is 0 Å². The highest BCUT2D eigenvalue weighted by Gasteiger charge is 2.06. The van der Waals surface area contributed by atoms with E-state index >= 15 is 0 Å². The molecule has 0 bridgehead atoms. The van der Waals surface area contributed by atoms with Crippen LogP contribution in [0, 0.1) is 6.92 Å². The van der Waals surface area contributed by atoms with E-state index in [9.17, 15) is 0 Å². The van der Waals surface area contributed by atoms with Gasteiger partial charge in [-0.05, 0) is 36.1 Å². The predicted molar refractivity (Wildman–Crippen MR) is 70.4 cm³/mol. The zero-order valence-corrected chi connectivity index (χ0v) is 9.83.